The lowest BCUT2D eigenvalue weighted by atomic mass is 10.2. The molecule has 0 atom stereocenters. The average Bonchev–Trinajstić information content (AvgIpc) is 3.55. The van der Waals surface area contributed by atoms with Gasteiger partial charge in [-0.05, 0) is 36.6 Å². The second-order valence-corrected chi connectivity index (χ2v) is 8.22. The van der Waals surface area contributed by atoms with Gasteiger partial charge in [0.2, 0.25) is 17.7 Å². The fourth-order valence-corrected chi connectivity index (χ4v) is 3.92. The van der Waals surface area contributed by atoms with Gasteiger partial charge in [0.15, 0.2) is 5.65 Å². The zero-order valence-electron chi connectivity index (χ0n) is 19.2. The smallest absolute Gasteiger partial charge is 0.326 e. The lowest BCUT2D eigenvalue weighted by Crippen LogP contribution is -2.24. The number of imidazole rings is 1. The van der Waals surface area contributed by atoms with E-state index in [0.29, 0.717) is 41.9 Å². The fraction of sp³-hybridized carbons (Fsp3) is 0.304. The number of anilines is 2. The minimum Gasteiger partial charge on any atom is -0.493 e. The number of hydrogen-bond acceptors (Lipinski definition) is 8. The second kappa shape index (κ2) is 9.41. The Labute approximate surface area is 199 Å². The lowest BCUT2D eigenvalue weighted by Gasteiger charge is -2.16. The highest BCUT2D eigenvalue weighted by Gasteiger charge is 2.21. The summed E-state index contributed by atoms with van der Waals surface area (Å²) in [5.41, 5.74) is 2.49. The summed E-state index contributed by atoms with van der Waals surface area (Å²) < 4.78 is 1.52. The fourth-order valence-electron chi connectivity index (χ4n) is 3.92. The van der Waals surface area contributed by atoms with E-state index in [2.05, 4.69) is 35.3 Å². The third-order valence-corrected chi connectivity index (χ3v) is 5.66. The van der Waals surface area contributed by atoms with Gasteiger partial charge in [0.25, 0.3) is 5.62 Å². The molecule has 0 aliphatic carbocycles. The van der Waals surface area contributed by atoms with Gasteiger partial charge in [-0.1, -0.05) is 19.1 Å². The number of hydrogen-bond donors (Lipinski definition) is 4. The van der Waals surface area contributed by atoms with Crippen LogP contribution in [0.1, 0.15) is 37.4 Å². The highest BCUT2D eigenvalue weighted by atomic mass is 16.3. The molecule has 4 N–H and O–H groups in total. The second-order valence-electron chi connectivity index (χ2n) is 8.22. The molecule has 1 amide bonds. The van der Waals surface area contributed by atoms with Crippen LogP contribution in [-0.4, -0.2) is 53.7 Å². The van der Waals surface area contributed by atoms with Crippen LogP contribution < -0.4 is 26.7 Å². The van der Waals surface area contributed by atoms with Gasteiger partial charge in [-0.15, -0.1) is 0 Å². The molecule has 1 aromatic carbocycles. The van der Waals surface area contributed by atoms with E-state index in [4.69, 9.17) is 0 Å². The first kappa shape index (κ1) is 22.3. The van der Waals surface area contributed by atoms with E-state index in [1.54, 1.807) is 12.3 Å². The third kappa shape index (κ3) is 4.63. The van der Waals surface area contributed by atoms with Crippen molar-refractivity contribution in [2.24, 2.45) is 4.99 Å². The molecular formula is C23H25N9O3. The number of rotatable bonds is 7. The van der Waals surface area contributed by atoms with Crippen molar-refractivity contribution in [1.29, 1.82) is 0 Å². The van der Waals surface area contributed by atoms with Gasteiger partial charge in [0.1, 0.15) is 5.69 Å². The van der Waals surface area contributed by atoms with Crippen LogP contribution in [0.25, 0.3) is 11.7 Å². The molecule has 5 rings (SSSR count). The Kier molecular flexibility index (Phi) is 6.00. The molecule has 0 spiro atoms. The topological polar surface area (TPSA) is 157 Å². The maximum absolute atomic E-state index is 12.0. The molecule has 12 nitrogen and oxygen atoms in total. The molecule has 0 radical (unpaired) electrons. The number of benzene rings is 1. The van der Waals surface area contributed by atoms with Gasteiger partial charge in [-0.25, -0.2) is 9.79 Å². The molecule has 35 heavy (non-hydrogen) atoms. The molecule has 3 aromatic heterocycles. The molecule has 0 unspecified atom stereocenters. The van der Waals surface area contributed by atoms with Crippen molar-refractivity contribution in [3.63, 3.8) is 0 Å². The molecule has 0 bridgehead atoms. The molecule has 1 saturated heterocycles. The van der Waals surface area contributed by atoms with Crippen LogP contribution in [0.2, 0.25) is 0 Å². The van der Waals surface area contributed by atoms with Gasteiger partial charge < -0.3 is 20.3 Å². The number of H-pyrrole nitrogens is 2. The van der Waals surface area contributed by atoms with Crippen LogP contribution in [0.5, 0.6) is 5.88 Å². The van der Waals surface area contributed by atoms with Crippen LogP contribution in [0, 0.1) is 0 Å². The van der Waals surface area contributed by atoms with Crippen LogP contribution in [0.15, 0.2) is 40.2 Å². The summed E-state index contributed by atoms with van der Waals surface area (Å²) in [6.07, 6.45) is 5.48. The first-order chi connectivity index (χ1) is 17.0. The van der Waals surface area contributed by atoms with Gasteiger partial charge >= 0.3 is 5.69 Å². The first-order valence-electron chi connectivity index (χ1n) is 11.4. The summed E-state index contributed by atoms with van der Waals surface area (Å²) >= 11 is 0. The molecule has 1 aliphatic rings. The van der Waals surface area contributed by atoms with Crippen LogP contribution in [0.3, 0.4) is 0 Å². The summed E-state index contributed by atoms with van der Waals surface area (Å²) in [5.74, 6) is 0.260. The SMILES string of the molecule is CCCN=c1nc(NCc2ccc(N3CCCC3=O)cc2)nc2c(=Cc3[nH]c(=O)[nH]c3O)cnn12. The molecule has 12 heteroatoms. The predicted octanol–water partition coefficient (Wildman–Crippen LogP) is 0.444. The zero-order chi connectivity index (χ0) is 24.4. The van der Waals surface area contributed by atoms with E-state index in [0.717, 1.165) is 30.6 Å². The molecule has 1 aliphatic heterocycles. The monoisotopic (exact) mass is 475 g/mol. The first-order valence-corrected chi connectivity index (χ1v) is 11.4. The zero-order valence-corrected chi connectivity index (χ0v) is 19.2. The van der Waals surface area contributed by atoms with Gasteiger partial charge in [0, 0.05) is 37.0 Å². The van der Waals surface area contributed by atoms with Crippen molar-refractivity contribution in [2.45, 2.75) is 32.7 Å². The summed E-state index contributed by atoms with van der Waals surface area (Å²) in [6, 6.07) is 7.83. The number of carbonyl (C=O) groups excluding carboxylic acids is 1. The number of carbonyl (C=O) groups is 1. The minimum atomic E-state index is -0.513. The summed E-state index contributed by atoms with van der Waals surface area (Å²) in [5, 5.41) is 18.1. The van der Waals surface area contributed by atoms with E-state index in [-0.39, 0.29) is 17.5 Å². The van der Waals surface area contributed by atoms with E-state index in [9.17, 15) is 14.7 Å². The summed E-state index contributed by atoms with van der Waals surface area (Å²) in [4.78, 5) is 43.7. The lowest BCUT2D eigenvalue weighted by molar-refractivity contribution is -0.117. The van der Waals surface area contributed by atoms with E-state index in [1.165, 1.54) is 4.52 Å². The normalized spacial score (nSPS) is 15.0. The maximum Gasteiger partial charge on any atom is 0.326 e. The van der Waals surface area contributed by atoms with Crippen molar-refractivity contribution in [2.75, 3.05) is 23.3 Å². The summed E-state index contributed by atoms with van der Waals surface area (Å²) in [6.45, 7) is 3.82. The molecular weight excluding hydrogens is 450 g/mol. The molecule has 4 heterocycles. The van der Waals surface area contributed by atoms with Gasteiger partial charge in [0.05, 0.1) is 6.20 Å². The van der Waals surface area contributed by atoms with Crippen molar-refractivity contribution >= 4 is 29.3 Å². The summed E-state index contributed by atoms with van der Waals surface area (Å²) in [7, 11) is 0. The van der Waals surface area contributed by atoms with Crippen LogP contribution >= 0.6 is 0 Å². The minimum absolute atomic E-state index is 0.159. The van der Waals surface area contributed by atoms with Crippen molar-refractivity contribution in [3.8, 4) is 5.88 Å². The van der Waals surface area contributed by atoms with E-state index < -0.39 is 5.69 Å². The highest BCUT2D eigenvalue weighted by Crippen LogP contribution is 2.21. The van der Waals surface area contributed by atoms with E-state index in [1.807, 2.05) is 36.1 Å². The molecule has 4 aromatic rings. The number of aromatic hydroxyl groups is 1. The number of aromatic amines is 2. The number of nitrogens with one attached hydrogen (secondary N) is 3. The Morgan fingerprint density at radius 3 is 2.71 bits per heavy atom. The Balaban J connectivity index is 1.45. The van der Waals surface area contributed by atoms with E-state index >= 15 is 0 Å². The van der Waals surface area contributed by atoms with Crippen LogP contribution in [-0.2, 0) is 11.3 Å². The molecule has 1 fully saturated rings. The number of nitrogens with zero attached hydrogens (tertiary/aromatic N) is 6. The Bertz CT molecular complexity index is 1550. The van der Waals surface area contributed by atoms with Gasteiger partial charge in [-0.3, -0.25) is 9.78 Å². The third-order valence-electron chi connectivity index (χ3n) is 5.66. The highest BCUT2D eigenvalue weighted by molar-refractivity contribution is 5.95. The number of fused-ring (bicyclic) bond motifs is 1. The van der Waals surface area contributed by atoms with Crippen molar-refractivity contribution < 1.29 is 9.90 Å². The van der Waals surface area contributed by atoms with Crippen molar-refractivity contribution in [3.05, 3.63) is 63.0 Å². The Morgan fingerprint density at radius 1 is 1.20 bits per heavy atom. The molecule has 0 saturated carbocycles. The van der Waals surface area contributed by atoms with Gasteiger partial charge in [-0.2, -0.15) is 19.6 Å². The van der Waals surface area contributed by atoms with Crippen LogP contribution in [0.4, 0.5) is 11.6 Å². The van der Waals surface area contributed by atoms with Crippen molar-refractivity contribution in [1.82, 2.24) is 29.5 Å². The number of aromatic nitrogens is 6. The molecule has 180 valence electrons. The quantitative estimate of drug-likeness (QED) is 0.302. The average molecular weight is 476 g/mol. The standard InChI is InChI=1S/C23H25N9O3/c1-2-9-24-22-30-21(25-12-14-5-7-16(8-6-14)31-10-3-4-18(31)33)28-19-15(13-26-32(19)22)11-17-20(34)29-23(35)27-17/h5-8,11,13,34H,2-4,9-10,12H2,1H3,(H,24,25,30)(H2,27,29,35). The Hall–Kier alpha value is -4.48. The number of amides is 1. The largest absolute Gasteiger partial charge is 0.493 e. The Morgan fingerprint density at radius 2 is 2.03 bits per heavy atom. The maximum atomic E-state index is 12.0. The predicted molar refractivity (Wildman–Crippen MR) is 129 cm³/mol.